The third-order valence-corrected chi connectivity index (χ3v) is 2.72. The summed E-state index contributed by atoms with van der Waals surface area (Å²) in [6, 6.07) is 1.99. The average molecular weight is 174 g/mol. The first kappa shape index (κ1) is 6.14. The van der Waals surface area contributed by atoms with E-state index in [0.717, 1.165) is 21.3 Å². The molecule has 0 amide bonds. The van der Waals surface area contributed by atoms with Gasteiger partial charge in [0.25, 0.3) is 0 Å². The average Bonchev–Trinajstić information content (AvgIpc) is 2.71. The van der Waals surface area contributed by atoms with Gasteiger partial charge in [0.15, 0.2) is 6.33 Å². The van der Waals surface area contributed by atoms with E-state index < -0.39 is 0 Å². The normalized spacial score (nSPS) is 11.3. The summed E-state index contributed by atoms with van der Waals surface area (Å²) in [5.41, 5.74) is 2.92. The zero-order valence-corrected chi connectivity index (χ0v) is 6.85. The van der Waals surface area contributed by atoms with E-state index in [1.807, 2.05) is 11.4 Å². The van der Waals surface area contributed by atoms with Crippen molar-refractivity contribution >= 4 is 32.6 Å². The molecule has 3 nitrogen and oxygen atoms in total. The van der Waals surface area contributed by atoms with Gasteiger partial charge in [-0.1, -0.05) is 0 Å². The second-order valence-electron chi connectivity index (χ2n) is 2.50. The number of pyridine rings is 1. The standard InChI is InChI=1S/C8H4N3S/c1-2-12-8-5(1)9-3-6-7(8)11-4-10-6/h1-3H,(H,10,11). The highest BCUT2D eigenvalue weighted by molar-refractivity contribution is 7.18. The molecule has 0 bridgehead atoms. The van der Waals surface area contributed by atoms with E-state index in [2.05, 4.69) is 21.3 Å². The van der Waals surface area contributed by atoms with Gasteiger partial charge in [0.05, 0.1) is 21.9 Å². The van der Waals surface area contributed by atoms with Gasteiger partial charge < -0.3 is 4.98 Å². The van der Waals surface area contributed by atoms with Crippen LogP contribution in [0.4, 0.5) is 0 Å². The van der Waals surface area contributed by atoms with E-state index in [-0.39, 0.29) is 0 Å². The second kappa shape index (κ2) is 2.04. The third-order valence-electron chi connectivity index (χ3n) is 1.81. The van der Waals surface area contributed by atoms with Crippen molar-refractivity contribution in [1.82, 2.24) is 15.0 Å². The third kappa shape index (κ3) is 0.648. The zero-order valence-electron chi connectivity index (χ0n) is 6.03. The Balaban J connectivity index is 2.71. The Bertz CT molecular complexity index is 487. The molecule has 0 aliphatic rings. The minimum Gasteiger partial charge on any atom is -0.334 e. The fourth-order valence-corrected chi connectivity index (χ4v) is 2.09. The Morgan fingerprint density at radius 1 is 1.50 bits per heavy atom. The molecular formula is C8H4N3S. The maximum atomic E-state index is 4.26. The first-order valence-electron chi connectivity index (χ1n) is 3.53. The van der Waals surface area contributed by atoms with Crippen molar-refractivity contribution in [2.45, 2.75) is 0 Å². The minimum absolute atomic E-state index is 0.949. The van der Waals surface area contributed by atoms with Crippen molar-refractivity contribution < 1.29 is 0 Å². The monoisotopic (exact) mass is 174 g/mol. The molecule has 3 rings (SSSR count). The number of fused-ring (bicyclic) bond motifs is 3. The van der Waals surface area contributed by atoms with Crippen LogP contribution in [-0.2, 0) is 0 Å². The molecule has 57 valence electrons. The van der Waals surface area contributed by atoms with Gasteiger partial charge in [-0.05, 0) is 11.4 Å². The highest BCUT2D eigenvalue weighted by Gasteiger charge is 2.03. The second-order valence-corrected chi connectivity index (χ2v) is 3.42. The molecule has 0 aliphatic carbocycles. The van der Waals surface area contributed by atoms with Crippen LogP contribution in [0.5, 0.6) is 0 Å². The lowest BCUT2D eigenvalue weighted by atomic mass is 10.3. The fourth-order valence-electron chi connectivity index (χ4n) is 1.25. The summed E-state index contributed by atoms with van der Waals surface area (Å²) >= 11 is 1.66. The molecular weight excluding hydrogens is 170 g/mol. The smallest absolute Gasteiger partial charge is 0.174 e. The maximum absolute atomic E-state index is 4.26. The largest absolute Gasteiger partial charge is 0.334 e. The molecule has 12 heavy (non-hydrogen) atoms. The Morgan fingerprint density at radius 2 is 2.50 bits per heavy atom. The number of imidazole rings is 1. The number of thiophene rings is 1. The maximum Gasteiger partial charge on any atom is 0.174 e. The number of H-pyrrole nitrogens is 1. The Hall–Kier alpha value is -1.42. The number of nitrogens with zero attached hydrogens (tertiary/aromatic N) is 2. The van der Waals surface area contributed by atoms with E-state index in [0.29, 0.717) is 0 Å². The number of aromatic amines is 1. The van der Waals surface area contributed by atoms with Crippen LogP contribution in [0.15, 0.2) is 17.6 Å². The molecule has 0 fully saturated rings. The van der Waals surface area contributed by atoms with E-state index in [9.17, 15) is 0 Å². The van der Waals surface area contributed by atoms with Gasteiger partial charge in [-0.15, -0.1) is 11.3 Å². The van der Waals surface area contributed by atoms with Gasteiger partial charge in [-0.2, -0.15) is 0 Å². The minimum atomic E-state index is 0.949. The van der Waals surface area contributed by atoms with Crippen molar-refractivity contribution in [3.8, 4) is 0 Å². The van der Waals surface area contributed by atoms with Crippen LogP contribution >= 0.6 is 11.3 Å². The Labute approximate surface area is 72.1 Å². The van der Waals surface area contributed by atoms with E-state index in [1.54, 1.807) is 17.5 Å². The van der Waals surface area contributed by atoms with Crippen LogP contribution in [-0.4, -0.2) is 15.0 Å². The summed E-state index contributed by atoms with van der Waals surface area (Å²) in [4.78, 5) is 11.3. The van der Waals surface area contributed by atoms with Crippen molar-refractivity contribution in [2.24, 2.45) is 0 Å². The van der Waals surface area contributed by atoms with Crippen LogP contribution in [0, 0.1) is 6.33 Å². The number of hydrogen-bond acceptors (Lipinski definition) is 3. The molecule has 3 heterocycles. The van der Waals surface area contributed by atoms with Gasteiger partial charge >= 0.3 is 0 Å². The molecule has 0 saturated carbocycles. The predicted molar refractivity (Wildman–Crippen MR) is 48.1 cm³/mol. The number of hydrogen-bond donors (Lipinski definition) is 1. The molecule has 0 unspecified atom stereocenters. The first-order chi connectivity index (χ1) is 5.95. The van der Waals surface area contributed by atoms with Crippen molar-refractivity contribution in [3.05, 3.63) is 24.0 Å². The number of rotatable bonds is 0. The summed E-state index contributed by atoms with van der Waals surface area (Å²) in [6.07, 6.45) is 4.50. The SMILES string of the molecule is [c]1nc2c(cnc3ccsc32)[nH]1. The first-order valence-corrected chi connectivity index (χ1v) is 4.41. The molecule has 4 heteroatoms. The van der Waals surface area contributed by atoms with Crippen LogP contribution in [0.1, 0.15) is 0 Å². The van der Waals surface area contributed by atoms with Crippen LogP contribution in [0.25, 0.3) is 21.3 Å². The van der Waals surface area contributed by atoms with E-state index in [1.165, 1.54) is 0 Å². The van der Waals surface area contributed by atoms with Crippen LogP contribution in [0.2, 0.25) is 0 Å². The van der Waals surface area contributed by atoms with Gasteiger partial charge in [0.1, 0.15) is 5.52 Å². The van der Waals surface area contributed by atoms with E-state index >= 15 is 0 Å². The Morgan fingerprint density at radius 3 is 3.50 bits per heavy atom. The lowest BCUT2D eigenvalue weighted by Gasteiger charge is -1.88. The molecule has 1 radical (unpaired) electrons. The van der Waals surface area contributed by atoms with Crippen molar-refractivity contribution in [2.75, 3.05) is 0 Å². The van der Waals surface area contributed by atoms with Gasteiger partial charge in [-0.3, -0.25) is 4.98 Å². The van der Waals surface area contributed by atoms with Crippen molar-refractivity contribution in [3.63, 3.8) is 0 Å². The summed E-state index contributed by atoms with van der Waals surface area (Å²) in [6.45, 7) is 0. The fraction of sp³-hybridized carbons (Fsp3) is 0. The van der Waals surface area contributed by atoms with Gasteiger partial charge in [0.2, 0.25) is 0 Å². The van der Waals surface area contributed by atoms with Crippen molar-refractivity contribution in [1.29, 1.82) is 0 Å². The zero-order chi connectivity index (χ0) is 7.97. The molecule has 3 aromatic heterocycles. The summed E-state index contributed by atoms with van der Waals surface area (Å²) in [7, 11) is 0. The van der Waals surface area contributed by atoms with E-state index in [4.69, 9.17) is 0 Å². The predicted octanol–water partition coefficient (Wildman–Crippen LogP) is 1.97. The molecule has 3 aromatic rings. The molecule has 0 atom stereocenters. The lowest BCUT2D eigenvalue weighted by Crippen LogP contribution is -1.74. The van der Waals surface area contributed by atoms with Crippen LogP contribution in [0.3, 0.4) is 0 Å². The highest BCUT2D eigenvalue weighted by Crippen LogP contribution is 2.24. The molecule has 0 spiro atoms. The summed E-state index contributed by atoms with van der Waals surface area (Å²) in [5, 5.41) is 2.02. The number of aromatic nitrogens is 3. The topological polar surface area (TPSA) is 41.6 Å². The summed E-state index contributed by atoms with van der Waals surface area (Å²) < 4.78 is 1.13. The van der Waals surface area contributed by atoms with Crippen LogP contribution < -0.4 is 0 Å². The van der Waals surface area contributed by atoms with Gasteiger partial charge in [0, 0.05) is 0 Å². The molecule has 0 aromatic carbocycles. The Kier molecular flexibility index (Phi) is 1.04. The lowest BCUT2D eigenvalue weighted by molar-refractivity contribution is 1.31. The molecule has 0 saturated heterocycles. The summed E-state index contributed by atoms with van der Waals surface area (Å²) in [5.74, 6) is 0. The van der Waals surface area contributed by atoms with Gasteiger partial charge in [-0.25, -0.2) is 4.98 Å². The number of nitrogens with one attached hydrogen (secondary N) is 1. The molecule has 1 N–H and O–H groups in total. The quantitative estimate of drug-likeness (QED) is 0.566. The highest BCUT2D eigenvalue weighted by atomic mass is 32.1. The molecule has 0 aliphatic heterocycles.